The molecule has 1 aliphatic heterocycles. The summed E-state index contributed by atoms with van der Waals surface area (Å²) in [5.41, 5.74) is 13.9. The van der Waals surface area contributed by atoms with Crippen LogP contribution in [-0.4, -0.2) is 50.1 Å². The molecule has 0 saturated carbocycles. The van der Waals surface area contributed by atoms with E-state index in [4.69, 9.17) is 11.5 Å². The molecule has 1 aliphatic rings. The average Bonchev–Trinajstić information content (AvgIpc) is 3.33. The SMILES string of the molecule is CCc1cc2cccc(C#CC3CCN(C)CC3)c2c(=O)n1-c1ccccc1.NC(=O)c1c(N)nn2cccnc12. The largest absolute Gasteiger partial charge is 0.381 e. The Morgan fingerprint density at radius 1 is 1.07 bits per heavy atom. The van der Waals surface area contributed by atoms with Gasteiger partial charge in [-0.3, -0.25) is 14.2 Å². The molecule has 5 aromatic rings. The minimum absolute atomic E-state index is 0.0221. The maximum atomic E-state index is 13.5. The van der Waals surface area contributed by atoms with Gasteiger partial charge in [0.15, 0.2) is 11.5 Å². The molecule has 0 bridgehead atoms. The lowest BCUT2D eigenvalue weighted by Crippen LogP contribution is -2.29. The van der Waals surface area contributed by atoms with Crippen molar-refractivity contribution in [1.82, 2.24) is 24.1 Å². The molecule has 0 unspecified atom stereocenters. The molecule has 4 heterocycles. The summed E-state index contributed by atoms with van der Waals surface area (Å²) in [6, 6.07) is 19.7. The topological polar surface area (TPSA) is 125 Å². The van der Waals surface area contributed by atoms with E-state index in [0.717, 1.165) is 60.1 Å². The van der Waals surface area contributed by atoms with E-state index in [1.54, 1.807) is 18.5 Å². The fraction of sp³-hybridized carbons (Fsp3) is 0.250. The van der Waals surface area contributed by atoms with Crippen molar-refractivity contribution < 1.29 is 4.79 Å². The first kappa shape index (κ1) is 27.6. The van der Waals surface area contributed by atoms with Gasteiger partial charge in [-0.1, -0.05) is 49.1 Å². The van der Waals surface area contributed by atoms with Crippen molar-refractivity contribution in [2.45, 2.75) is 26.2 Å². The third kappa shape index (κ3) is 5.83. The molecule has 3 aromatic heterocycles. The molecule has 1 fully saturated rings. The second-order valence-electron chi connectivity index (χ2n) is 10.1. The van der Waals surface area contributed by atoms with Crippen molar-refractivity contribution >= 4 is 28.1 Å². The molecule has 2 aromatic carbocycles. The van der Waals surface area contributed by atoms with Crippen LogP contribution in [0.2, 0.25) is 0 Å². The van der Waals surface area contributed by atoms with E-state index < -0.39 is 5.91 Å². The predicted molar refractivity (Wildman–Crippen MR) is 162 cm³/mol. The number of nitrogen functional groups attached to an aromatic ring is 1. The zero-order valence-corrected chi connectivity index (χ0v) is 23.2. The molecule has 0 atom stereocenters. The van der Waals surface area contributed by atoms with Crippen molar-refractivity contribution in [1.29, 1.82) is 0 Å². The second-order valence-corrected chi connectivity index (χ2v) is 10.1. The zero-order chi connectivity index (χ0) is 28.9. The number of primary amides is 1. The van der Waals surface area contributed by atoms with Crippen LogP contribution >= 0.6 is 0 Å². The third-order valence-electron chi connectivity index (χ3n) is 7.30. The molecular weight excluding hydrogens is 514 g/mol. The molecule has 208 valence electrons. The normalized spacial score (nSPS) is 13.8. The molecule has 41 heavy (non-hydrogen) atoms. The monoisotopic (exact) mass is 547 g/mol. The number of likely N-dealkylation sites (tertiary alicyclic amines) is 1. The van der Waals surface area contributed by atoms with Gasteiger partial charge in [0.05, 0.1) is 5.39 Å². The zero-order valence-electron chi connectivity index (χ0n) is 23.2. The highest BCUT2D eigenvalue weighted by Crippen LogP contribution is 2.21. The van der Waals surface area contributed by atoms with Crippen LogP contribution in [0.4, 0.5) is 5.82 Å². The minimum Gasteiger partial charge on any atom is -0.381 e. The van der Waals surface area contributed by atoms with Gasteiger partial charge in [-0.25, -0.2) is 9.50 Å². The Kier molecular flexibility index (Phi) is 8.13. The first-order chi connectivity index (χ1) is 19.9. The van der Waals surface area contributed by atoms with Gasteiger partial charge >= 0.3 is 0 Å². The quantitative estimate of drug-likeness (QED) is 0.332. The van der Waals surface area contributed by atoms with E-state index in [1.165, 1.54) is 4.52 Å². The van der Waals surface area contributed by atoms with E-state index in [2.05, 4.69) is 46.9 Å². The number of rotatable bonds is 3. The molecule has 4 N–H and O–H groups in total. The minimum atomic E-state index is -0.619. The third-order valence-corrected chi connectivity index (χ3v) is 7.30. The van der Waals surface area contributed by atoms with Crippen LogP contribution in [0.25, 0.3) is 22.1 Å². The predicted octanol–water partition coefficient (Wildman–Crippen LogP) is 3.66. The van der Waals surface area contributed by atoms with E-state index in [1.807, 2.05) is 53.1 Å². The van der Waals surface area contributed by atoms with Gasteiger partial charge in [-0.05, 0) is 75.1 Å². The lowest BCUT2D eigenvalue weighted by molar-refractivity contribution is 0.100. The Bertz CT molecular complexity index is 1820. The molecule has 6 rings (SSSR count). The van der Waals surface area contributed by atoms with Crippen LogP contribution in [0.5, 0.6) is 0 Å². The van der Waals surface area contributed by atoms with Gasteiger partial charge in [-0.2, -0.15) is 0 Å². The van der Waals surface area contributed by atoms with E-state index in [-0.39, 0.29) is 16.9 Å². The lowest BCUT2D eigenvalue weighted by atomic mass is 9.97. The molecule has 9 nitrogen and oxygen atoms in total. The van der Waals surface area contributed by atoms with Crippen molar-refractivity contribution in [3.8, 4) is 17.5 Å². The molecule has 0 aliphatic carbocycles. The first-order valence-corrected chi connectivity index (χ1v) is 13.7. The number of benzene rings is 2. The Labute approximate surface area is 238 Å². The molecule has 0 spiro atoms. The fourth-order valence-corrected chi connectivity index (χ4v) is 5.11. The summed E-state index contributed by atoms with van der Waals surface area (Å²) in [6.07, 6.45) is 6.19. The highest BCUT2D eigenvalue weighted by molar-refractivity contribution is 6.03. The number of nitrogens with zero attached hydrogens (tertiary/aromatic N) is 5. The number of carbonyl (C=O) groups excluding carboxylic acids is 1. The van der Waals surface area contributed by atoms with Gasteiger partial charge in [-0.15, -0.1) is 5.10 Å². The summed E-state index contributed by atoms with van der Waals surface area (Å²) in [5.74, 6) is 6.69. The van der Waals surface area contributed by atoms with E-state index in [9.17, 15) is 9.59 Å². The molecule has 9 heteroatoms. The van der Waals surface area contributed by atoms with E-state index in [0.29, 0.717) is 11.6 Å². The average molecular weight is 548 g/mol. The Balaban J connectivity index is 0.000000216. The maximum absolute atomic E-state index is 13.5. The highest BCUT2D eigenvalue weighted by Gasteiger charge is 2.16. The number of hydrogen-bond acceptors (Lipinski definition) is 6. The van der Waals surface area contributed by atoms with Crippen molar-refractivity contribution in [2.75, 3.05) is 25.9 Å². The number of hydrogen-bond donors (Lipinski definition) is 2. The summed E-state index contributed by atoms with van der Waals surface area (Å²) in [7, 11) is 2.16. The number of fused-ring (bicyclic) bond motifs is 2. The summed E-state index contributed by atoms with van der Waals surface area (Å²) >= 11 is 0. The molecule has 0 radical (unpaired) electrons. The number of aromatic nitrogens is 4. The van der Waals surface area contributed by atoms with E-state index >= 15 is 0 Å². The number of para-hydroxylation sites is 1. The molecule has 1 saturated heterocycles. The van der Waals surface area contributed by atoms with Crippen molar-refractivity contribution in [2.24, 2.45) is 11.7 Å². The summed E-state index contributed by atoms with van der Waals surface area (Å²) in [4.78, 5) is 30.7. The standard InChI is InChI=1S/C25H26N2O.C7H7N5O/c1-3-22-18-21-9-7-8-20(13-12-19-14-16-26(2)17-15-19)24(21)25(28)27(22)23-10-5-4-6-11-23;8-5-4(6(9)13)7-10-2-1-3-12(7)11-5/h4-11,18-19H,3,14-17H2,1-2H3;1-3H,(H2,8,11)(H2,9,13). The highest BCUT2D eigenvalue weighted by atomic mass is 16.1. The maximum Gasteiger partial charge on any atom is 0.264 e. The first-order valence-electron chi connectivity index (χ1n) is 13.7. The smallest absolute Gasteiger partial charge is 0.264 e. The van der Waals surface area contributed by atoms with Crippen LogP contribution in [0.1, 0.15) is 41.4 Å². The van der Waals surface area contributed by atoms with Crippen LogP contribution in [0.15, 0.2) is 77.9 Å². The van der Waals surface area contributed by atoms with Gasteiger partial charge in [0.25, 0.3) is 11.5 Å². The van der Waals surface area contributed by atoms with Gasteiger partial charge in [0.2, 0.25) is 0 Å². The van der Waals surface area contributed by atoms with Gasteiger partial charge < -0.3 is 16.4 Å². The number of piperidine rings is 1. The van der Waals surface area contributed by atoms with Crippen LogP contribution in [0.3, 0.4) is 0 Å². The number of nitrogens with two attached hydrogens (primary N) is 2. The number of pyridine rings is 1. The Hall–Kier alpha value is -4.94. The van der Waals surface area contributed by atoms with Gasteiger partial charge in [0.1, 0.15) is 5.56 Å². The summed E-state index contributed by atoms with van der Waals surface area (Å²) in [6.45, 7) is 4.27. The second kappa shape index (κ2) is 12.1. The van der Waals surface area contributed by atoms with Crippen molar-refractivity contribution in [3.63, 3.8) is 0 Å². The fourth-order valence-electron chi connectivity index (χ4n) is 5.11. The number of anilines is 1. The molecule has 1 amide bonds. The summed E-state index contributed by atoms with van der Waals surface area (Å²) in [5, 5.41) is 5.57. The number of aryl methyl sites for hydroxylation is 1. The molecular formula is C32H33N7O2. The van der Waals surface area contributed by atoms with Gasteiger partial charge in [0, 0.05) is 35.3 Å². The lowest BCUT2D eigenvalue weighted by Gasteiger charge is -2.25. The van der Waals surface area contributed by atoms with Crippen LogP contribution in [0, 0.1) is 17.8 Å². The van der Waals surface area contributed by atoms with Crippen LogP contribution < -0.4 is 17.0 Å². The van der Waals surface area contributed by atoms with Crippen molar-refractivity contribution in [3.05, 3.63) is 100 Å². The Morgan fingerprint density at radius 3 is 2.54 bits per heavy atom. The Morgan fingerprint density at radius 2 is 1.83 bits per heavy atom. The number of amides is 1. The summed E-state index contributed by atoms with van der Waals surface area (Å²) < 4.78 is 3.25. The van der Waals surface area contributed by atoms with Crippen LogP contribution in [-0.2, 0) is 6.42 Å². The number of carbonyl (C=O) groups is 1.